The Morgan fingerprint density at radius 1 is 1.45 bits per heavy atom. The number of fused-ring (bicyclic) bond motifs is 3. The second-order valence-corrected chi connectivity index (χ2v) is 5.78. The smallest absolute Gasteiger partial charge is 0.305 e. The number of methoxy groups -OCH3 is 1. The second-order valence-electron chi connectivity index (χ2n) is 5.78. The summed E-state index contributed by atoms with van der Waals surface area (Å²) < 4.78 is 10.6. The van der Waals surface area contributed by atoms with Crippen molar-refractivity contribution in [2.24, 2.45) is 0 Å². The highest BCUT2D eigenvalue weighted by Crippen LogP contribution is 2.46. The van der Waals surface area contributed by atoms with E-state index in [4.69, 9.17) is 4.74 Å². The Balaban J connectivity index is 1.82. The monoisotopic (exact) mass is 304 g/mol. The van der Waals surface area contributed by atoms with Gasteiger partial charge in [-0.25, -0.2) is 0 Å². The predicted octanol–water partition coefficient (Wildman–Crippen LogP) is 2.37. The van der Waals surface area contributed by atoms with Gasteiger partial charge in [-0.05, 0) is 18.4 Å². The average molecular weight is 304 g/mol. The summed E-state index contributed by atoms with van der Waals surface area (Å²) in [5, 5.41) is 19.9. The molecule has 1 heterocycles. The first-order chi connectivity index (χ1) is 10.6. The molecule has 3 rings (SSSR count). The van der Waals surface area contributed by atoms with Crippen LogP contribution in [-0.2, 0) is 16.0 Å². The maximum atomic E-state index is 11.2. The van der Waals surface area contributed by atoms with E-state index in [1.54, 1.807) is 0 Å². The number of carbonyl (C=O) groups excluding carboxylic acids is 1. The van der Waals surface area contributed by atoms with E-state index >= 15 is 0 Å². The van der Waals surface area contributed by atoms with Gasteiger partial charge in [-0.15, -0.1) is 0 Å². The summed E-state index contributed by atoms with van der Waals surface area (Å²) in [6, 6.07) is 5.84. The highest BCUT2D eigenvalue weighted by atomic mass is 16.5. The molecular weight excluding hydrogens is 284 g/mol. The molecule has 118 valence electrons. The van der Waals surface area contributed by atoms with Crippen molar-refractivity contribution in [3.8, 4) is 5.75 Å². The molecule has 0 spiro atoms. The van der Waals surface area contributed by atoms with Gasteiger partial charge in [-0.3, -0.25) is 4.79 Å². The molecular formula is C17H20O5. The fourth-order valence-electron chi connectivity index (χ4n) is 3.20. The maximum absolute atomic E-state index is 11.2. The van der Waals surface area contributed by atoms with Crippen LogP contribution in [0.4, 0.5) is 0 Å². The minimum absolute atomic E-state index is 0.217. The van der Waals surface area contributed by atoms with Crippen molar-refractivity contribution < 1.29 is 24.5 Å². The van der Waals surface area contributed by atoms with Crippen LogP contribution in [0.2, 0.25) is 0 Å². The molecule has 1 aliphatic carbocycles. The predicted molar refractivity (Wildman–Crippen MR) is 80.6 cm³/mol. The first-order valence-electron chi connectivity index (χ1n) is 7.56. The van der Waals surface area contributed by atoms with Gasteiger partial charge < -0.3 is 19.7 Å². The van der Waals surface area contributed by atoms with Gasteiger partial charge >= 0.3 is 5.97 Å². The number of benzene rings is 1. The first kappa shape index (κ1) is 14.9. The van der Waals surface area contributed by atoms with E-state index in [0.717, 1.165) is 22.4 Å². The van der Waals surface area contributed by atoms with Crippen LogP contribution in [0.3, 0.4) is 0 Å². The highest BCUT2D eigenvalue weighted by Gasteiger charge is 2.38. The summed E-state index contributed by atoms with van der Waals surface area (Å²) >= 11 is 0. The summed E-state index contributed by atoms with van der Waals surface area (Å²) in [5.74, 6) is 0.771. The topological polar surface area (TPSA) is 76.0 Å². The van der Waals surface area contributed by atoms with Gasteiger partial charge in [0, 0.05) is 30.4 Å². The second kappa shape index (κ2) is 6.01. The van der Waals surface area contributed by atoms with Crippen molar-refractivity contribution >= 4 is 11.5 Å². The van der Waals surface area contributed by atoms with Gasteiger partial charge in [0.15, 0.2) is 0 Å². The van der Waals surface area contributed by atoms with Crippen LogP contribution < -0.4 is 4.74 Å². The SMILES string of the molecule is COC(=O)CCCc1cccc2c1O[C@H]1C[C@@H](O)CC(O)=C21. The van der Waals surface area contributed by atoms with E-state index in [1.807, 2.05) is 18.2 Å². The molecule has 1 aromatic carbocycles. The van der Waals surface area contributed by atoms with E-state index in [9.17, 15) is 15.0 Å². The Morgan fingerprint density at radius 2 is 2.27 bits per heavy atom. The van der Waals surface area contributed by atoms with E-state index in [0.29, 0.717) is 25.7 Å². The zero-order valence-corrected chi connectivity index (χ0v) is 12.5. The van der Waals surface area contributed by atoms with Crippen LogP contribution >= 0.6 is 0 Å². The Bertz CT molecular complexity index is 619. The van der Waals surface area contributed by atoms with Crippen molar-refractivity contribution in [1.29, 1.82) is 0 Å². The molecule has 5 nitrogen and oxygen atoms in total. The average Bonchev–Trinajstić information content (AvgIpc) is 2.86. The number of aliphatic hydroxyl groups excluding tert-OH is 2. The van der Waals surface area contributed by atoms with Crippen LogP contribution in [0.15, 0.2) is 24.0 Å². The number of hydrogen-bond donors (Lipinski definition) is 2. The van der Waals surface area contributed by atoms with Crippen molar-refractivity contribution in [2.75, 3.05) is 7.11 Å². The molecule has 0 radical (unpaired) electrons. The summed E-state index contributed by atoms with van der Waals surface area (Å²) in [5.41, 5.74) is 2.73. The summed E-state index contributed by atoms with van der Waals surface area (Å²) in [6.45, 7) is 0. The number of aliphatic hydroxyl groups is 2. The van der Waals surface area contributed by atoms with Crippen molar-refractivity contribution in [2.45, 2.75) is 44.3 Å². The number of rotatable bonds is 4. The Kier molecular flexibility index (Phi) is 4.07. The fraction of sp³-hybridized carbons (Fsp3) is 0.471. The van der Waals surface area contributed by atoms with Gasteiger partial charge in [0.05, 0.1) is 13.2 Å². The number of para-hydroxylation sites is 1. The van der Waals surface area contributed by atoms with Gasteiger partial charge in [0.1, 0.15) is 17.6 Å². The van der Waals surface area contributed by atoms with Crippen molar-refractivity contribution in [3.05, 3.63) is 35.1 Å². The quantitative estimate of drug-likeness (QED) is 0.835. The lowest BCUT2D eigenvalue weighted by molar-refractivity contribution is -0.140. The molecule has 0 saturated heterocycles. The lowest BCUT2D eigenvalue weighted by atomic mass is 9.89. The molecule has 22 heavy (non-hydrogen) atoms. The van der Waals surface area contributed by atoms with Crippen molar-refractivity contribution in [1.82, 2.24) is 0 Å². The van der Waals surface area contributed by atoms with Crippen LogP contribution in [0.1, 0.15) is 36.8 Å². The van der Waals surface area contributed by atoms with Gasteiger partial charge in [0.25, 0.3) is 0 Å². The standard InChI is InChI=1S/C17H20O5/c1-21-15(20)7-3-5-10-4-2-6-12-16-13(19)8-11(18)9-14(16)22-17(10)12/h2,4,6,11,14,18-19H,3,5,7-9H2,1H3/t11-,14-/m0/s1. The molecule has 1 aromatic rings. The molecule has 1 aliphatic heterocycles. The molecule has 5 heteroatoms. The highest BCUT2D eigenvalue weighted by molar-refractivity contribution is 5.80. The third-order valence-corrected chi connectivity index (χ3v) is 4.25. The van der Waals surface area contributed by atoms with E-state index in [-0.39, 0.29) is 24.3 Å². The number of ether oxygens (including phenoxy) is 2. The lowest BCUT2D eigenvalue weighted by Crippen LogP contribution is -2.27. The fourth-order valence-corrected chi connectivity index (χ4v) is 3.20. The van der Waals surface area contributed by atoms with Crippen LogP contribution in [0.5, 0.6) is 5.75 Å². The first-order valence-corrected chi connectivity index (χ1v) is 7.56. The molecule has 0 amide bonds. The molecule has 2 aliphatic rings. The summed E-state index contributed by atoms with van der Waals surface area (Å²) in [6.07, 6.45) is 1.70. The van der Waals surface area contributed by atoms with Crippen LogP contribution in [0, 0.1) is 0 Å². The van der Waals surface area contributed by atoms with E-state index in [1.165, 1.54) is 7.11 Å². The molecule has 2 atom stereocenters. The van der Waals surface area contributed by atoms with E-state index in [2.05, 4.69) is 4.74 Å². The Hall–Kier alpha value is -2.01. The maximum Gasteiger partial charge on any atom is 0.305 e. The Labute approximate surface area is 129 Å². The minimum atomic E-state index is -0.564. The molecule has 0 bridgehead atoms. The molecule has 2 N–H and O–H groups in total. The largest absolute Gasteiger partial charge is 0.512 e. The molecule has 0 aromatic heterocycles. The summed E-state index contributed by atoms with van der Waals surface area (Å²) in [4.78, 5) is 11.2. The minimum Gasteiger partial charge on any atom is -0.512 e. The van der Waals surface area contributed by atoms with Gasteiger partial charge in [-0.2, -0.15) is 0 Å². The van der Waals surface area contributed by atoms with Crippen LogP contribution in [-0.4, -0.2) is 35.5 Å². The Morgan fingerprint density at radius 3 is 3.05 bits per heavy atom. The number of aryl methyl sites for hydroxylation is 1. The lowest BCUT2D eigenvalue weighted by Gasteiger charge is -2.23. The third-order valence-electron chi connectivity index (χ3n) is 4.25. The van der Waals surface area contributed by atoms with Crippen LogP contribution in [0.25, 0.3) is 5.57 Å². The van der Waals surface area contributed by atoms with Crippen molar-refractivity contribution in [3.63, 3.8) is 0 Å². The van der Waals surface area contributed by atoms with Gasteiger partial charge in [0.2, 0.25) is 0 Å². The summed E-state index contributed by atoms with van der Waals surface area (Å²) in [7, 11) is 1.39. The molecule has 0 fully saturated rings. The van der Waals surface area contributed by atoms with E-state index < -0.39 is 6.10 Å². The normalized spacial score (nSPS) is 22.8. The molecule has 0 saturated carbocycles. The number of carbonyl (C=O) groups is 1. The molecule has 0 unspecified atom stereocenters. The third kappa shape index (κ3) is 2.68. The van der Waals surface area contributed by atoms with Gasteiger partial charge in [-0.1, -0.05) is 18.2 Å². The number of esters is 1. The number of hydrogen-bond acceptors (Lipinski definition) is 5. The zero-order chi connectivity index (χ0) is 15.7. The zero-order valence-electron chi connectivity index (χ0n) is 12.5.